The molecule has 3 rings (SSSR count). The van der Waals surface area contributed by atoms with E-state index in [0.717, 1.165) is 43.0 Å². The summed E-state index contributed by atoms with van der Waals surface area (Å²) >= 11 is 8.77. The number of halogens is 2. The molecule has 6 heteroatoms. The third kappa shape index (κ3) is 3.61. The van der Waals surface area contributed by atoms with Crippen LogP contribution in [0.4, 0.5) is 5.82 Å². The Bertz CT molecular complexity index is 562. The van der Waals surface area contributed by atoms with Crippen molar-refractivity contribution in [2.45, 2.75) is 6.54 Å². The van der Waals surface area contributed by atoms with E-state index in [1.54, 1.807) is 0 Å². The molecule has 1 aliphatic heterocycles. The predicted molar refractivity (Wildman–Crippen MR) is 91.4 cm³/mol. The van der Waals surface area contributed by atoms with Gasteiger partial charge in [0.2, 0.25) is 0 Å². The fourth-order valence-corrected chi connectivity index (χ4v) is 4.11. The van der Waals surface area contributed by atoms with Crippen LogP contribution in [-0.2, 0) is 6.54 Å². The van der Waals surface area contributed by atoms with Crippen LogP contribution in [-0.4, -0.2) is 36.1 Å². The minimum absolute atomic E-state index is 1.03. The van der Waals surface area contributed by atoms with Gasteiger partial charge in [-0.05, 0) is 56.1 Å². The largest absolute Gasteiger partial charge is 0.354 e. The van der Waals surface area contributed by atoms with Crippen LogP contribution in [0.3, 0.4) is 0 Å². The fraction of sp³-hybridized carbons (Fsp3) is 0.357. The van der Waals surface area contributed by atoms with E-state index in [0.29, 0.717) is 0 Å². The summed E-state index contributed by atoms with van der Waals surface area (Å²) in [4.78, 5) is 10.8. The third-order valence-electron chi connectivity index (χ3n) is 3.42. The van der Waals surface area contributed by atoms with Crippen molar-refractivity contribution in [3.8, 4) is 0 Å². The number of anilines is 1. The maximum absolute atomic E-state index is 4.47. The van der Waals surface area contributed by atoms with Crippen LogP contribution in [0.25, 0.3) is 0 Å². The second-order valence-corrected chi connectivity index (χ2v) is 8.27. The topological polar surface area (TPSA) is 19.4 Å². The van der Waals surface area contributed by atoms with E-state index in [1.165, 1.54) is 8.66 Å². The molecule has 2 aromatic rings. The molecule has 0 radical (unpaired) electrons. The molecule has 2 aromatic heterocycles. The molecular formula is C14H15Br2N3S. The smallest absolute Gasteiger partial charge is 0.128 e. The van der Waals surface area contributed by atoms with Crippen LogP contribution in [0, 0.1) is 0 Å². The van der Waals surface area contributed by atoms with E-state index in [4.69, 9.17) is 0 Å². The van der Waals surface area contributed by atoms with Crippen LogP contribution in [0.5, 0.6) is 0 Å². The number of piperazine rings is 1. The number of rotatable bonds is 3. The van der Waals surface area contributed by atoms with Gasteiger partial charge in [-0.3, -0.25) is 4.90 Å². The molecule has 0 amide bonds. The van der Waals surface area contributed by atoms with Gasteiger partial charge in [0.15, 0.2) is 0 Å². The molecule has 1 fully saturated rings. The van der Waals surface area contributed by atoms with Crippen LogP contribution >= 0.6 is 43.2 Å². The van der Waals surface area contributed by atoms with Crippen molar-refractivity contribution in [2.75, 3.05) is 31.1 Å². The van der Waals surface area contributed by atoms with E-state index in [-0.39, 0.29) is 0 Å². The molecule has 0 aromatic carbocycles. The van der Waals surface area contributed by atoms with E-state index in [2.05, 4.69) is 70.9 Å². The lowest BCUT2D eigenvalue weighted by Gasteiger charge is -2.35. The second-order valence-electron chi connectivity index (χ2n) is 4.80. The zero-order valence-corrected chi connectivity index (χ0v) is 14.9. The minimum Gasteiger partial charge on any atom is -0.354 e. The van der Waals surface area contributed by atoms with Crippen molar-refractivity contribution in [2.24, 2.45) is 0 Å². The predicted octanol–water partition coefficient (Wildman–Crippen LogP) is 3.99. The summed E-state index contributed by atoms with van der Waals surface area (Å²) in [6.45, 7) is 5.32. The lowest BCUT2D eigenvalue weighted by molar-refractivity contribution is 0.251. The second kappa shape index (κ2) is 6.56. The Kier molecular flexibility index (Phi) is 4.75. The molecule has 0 atom stereocenters. The summed E-state index contributed by atoms with van der Waals surface area (Å²) in [5, 5.41) is 0. The Hall–Kier alpha value is -0.430. The summed E-state index contributed by atoms with van der Waals surface area (Å²) in [7, 11) is 0. The number of hydrogen-bond acceptors (Lipinski definition) is 4. The quantitative estimate of drug-likeness (QED) is 0.753. The van der Waals surface area contributed by atoms with Crippen molar-refractivity contribution in [1.29, 1.82) is 0 Å². The highest BCUT2D eigenvalue weighted by molar-refractivity contribution is 9.11. The Morgan fingerprint density at radius 2 is 1.85 bits per heavy atom. The lowest BCUT2D eigenvalue weighted by atomic mass is 10.3. The Labute approximate surface area is 139 Å². The van der Waals surface area contributed by atoms with Gasteiger partial charge in [0.25, 0.3) is 0 Å². The number of pyridine rings is 1. The van der Waals surface area contributed by atoms with Crippen molar-refractivity contribution < 1.29 is 0 Å². The highest BCUT2D eigenvalue weighted by Gasteiger charge is 2.18. The Balaban J connectivity index is 1.55. The van der Waals surface area contributed by atoms with Gasteiger partial charge < -0.3 is 4.90 Å². The molecule has 106 valence electrons. The Morgan fingerprint density at radius 1 is 1.05 bits per heavy atom. The van der Waals surface area contributed by atoms with Crippen molar-refractivity contribution >= 4 is 49.0 Å². The van der Waals surface area contributed by atoms with Crippen LogP contribution in [0.1, 0.15) is 4.88 Å². The zero-order valence-electron chi connectivity index (χ0n) is 10.9. The van der Waals surface area contributed by atoms with Gasteiger partial charge in [-0.15, -0.1) is 11.3 Å². The highest BCUT2D eigenvalue weighted by atomic mass is 79.9. The molecule has 0 aliphatic carbocycles. The monoisotopic (exact) mass is 415 g/mol. The van der Waals surface area contributed by atoms with Crippen molar-refractivity contribution in [1.82, 2.24) is 9.88 Å². The highest BCUT2D eigenvalue weighted by Crippen LogP contribution is 2.24. The van der Waals surface area contributed by atoms with Gasteiger partial charge in [-0.2, -0.15) is 0 Å². The molecule has 0 N–H and O–H groups in total. The normalized spacial score (nSPS) is 16.6. The van der Waals surface area contributed by atoms with Gasteiger partial charge in [-0.25, -0.2) is 4.98 Å². The Morgan fingerprint density at radius 3 is 2.45 bits per heavy atom. The summed E-state index contributed by atoms with van der Waals surface area (Å²) in [6.07, 6.45) is 1.87. The number of thiophene rings is 1. The first-order valence-electron chi connectivity index (χ1n) is 6.54. The van der Waals surface area contributed by atoms with Crippen LogP contribution < -0.4 is 4.90 Å². The minimum atomic E-state index is 1.03. The average Bonchev–Trinajstić information content (AvgIpc) is 2.86. The molecule has 0 spiro atoms. The zero-order chi connectivity index (χ0) is 13.9. The summed E-state index contributed by atoms with van der Waals surface area (Å²) in [5.74, 6) is 1.08. The van der Waals surface area contributed by atoms with E-state index in [9.17, 15) is 0 Å². The van der Waals surface area contributed by atoms with Gasteiger partial charge in [-0.1, -0.05) is 0 Å². The lowest BCUT2D eigenvalue weighted by Crippen LogP contribution is -2.46. The maximum Gasteiger partial charge on any atom is 0.128 e. The molecule has 20 heavy (non-hydrogen) atoms. The summed E-state index contributed by atoms with van der Waals surface area (Å²) in [5.41, 5.74) is 0. The maximum atomic E-state index is 4.47. The molecule has 1 saturated heterocycles. The van der Waals surface area contributed by atoms with E-state index < -0.39 is 0 Å². The summed E-state index contributed by atoms with van der Waals surface area (Å²) < 4.78 is 2.24. The fourth-order valence-electron chi connectivity index (χ4n) is 2.35. The standard InChI is InChI=1S/C14H15Br2N3S/c15-11-1-4-14(17-9-11)19-7-5-18(6-8-19)10-12-2-3-13(16)20-12/h1-4,9H,5-8,10H2. The number of hydrogen-bond donors (Lipinski definition) is 0. The third-order valence-corrected chi connectivity index (χ3v) is 5.49. The van der Waals surface area contributed by atoms with Crippen LogP contribution in [0.15, 0.2) is 38.7 Å². The van der Waals surface area contributed by atoms with Gasteiger partial charge in [0, 0.05) is 48.3 Å². The molecule has 3 nitrogen and oxygen atoms in total. The SMILES string of the molecule is Brc1ccc(N2CCN(Cc3ccc(Br)s3)CC2)nc1. The first-order chi connectivity index (χ1) is 9.70. The van der Waals surface area contributed by atoms with Gasteiger partial charge >= 0.3 is 0 Å². The molecular weight excluding hydrogens is 402 g/mol. The molecule has 0 bridgehead atoms. The number of aromatic nitrogens is 1. The molecule has 1 aliphatic rings. The van der Waals surface area contributed by atoms with Crippen molar-refractivity contribution in [3.63, 3.8) is 0 Å². The van der Waals surface area contributed by atoms with Crippen molar-refractivity contribution in [3.05, 3.63) is 43.6 Å². The first kappa shape index (κ1) is 14.5. The first-order valence-corrected chi connectivity index (χ1v) is 8.94. The van der Waals surface area contributed by atoms with E-state index in [1.807, 2.05) is 17.5 Å². The molecule has 3 heterocycles. The molecule has 0 unspecified atom stereocenters. The number of nitrogens with zero attached hydrogens (tertiary/aromatic N) is 3. The van der Waals surface area contributed by atoms with E-state index >= 15 is 0 Å². The molecule has 0 saturated carbocycles. The van der Waals surface area contributed by atoms with Gasteiger partial charge in [0.05, 0.1) is 3.79 Å². The van der Waals surface area contributed by atoms with Crippen LogP contribution in [0.2, 0.25) is 0 Å². The average molecular weight is 417 g/mol. The summed E-state index contributed by atoms with van der Waals surface area (Å²) in [6, 6.07) is 8.47. The van der Waals surface area contributed by atoms with Gasteiger partial charge in [0.1, 0.15) is 5.82 Å².